The molecule has 4 saturated carbocycles. The van der Waals surface area contributed by atoms with Crippen LogP contribution < -0.4 is 0 Å². The second-order valence-electron chi connectivity index (χ2n) is 8.62. The van der Waals surface area contributed by atoms with Crippen molar-refractivity contribution in [2.24, 2.45) is 23.2 Å². The zero-order valence-electron chi connectivity index (χ0n) is 15.4. The monoisotopic (exact) mass is 336 g/mol. The number of methoxy groups -OCH3 is 1. The van der Waals surface area contributed by atoms with E-state index in [1.165, 1.54) is 26.4 Å². The summed E-state index contributed by atoms with van der Waals surface area (Å²) in [5, 5.41) is 0. The molecule has 0 aliphatic heterocycles. The average molecular weight is 336 g/mol. The largest absolute Gasteiger partial charge is 0.469 e. The summed E-state index contributed by atoms with van der Waals surface area (Å²) < 4.78 is 4.77. The number of likely N-dealkylation sites (N-methyl/N-ethyl adjacent to an activating group) is 1. The molecule has 0 heterocycles. The van der Waals surface area contributed by atoms with Gasteiger partial charge in [-0.3, -0.25) is 9.59 Å². The van der Waals surface area contributed by atoms with E-state index in [4.69, 9.17) is 4.74 Å². The molecule has 4 fully saturated rings. The minimum absolute atomic E-state index is 0.128. The normalized spacial score (nSPS) is 33.8. The first kappa shape index (κ1) is 17.7. The fraction of sp³-hybridized carbons (Fsp3) is 0.895. The molecule has 0 N–H and O–H groups in total. The van der Waals surface area contributed by atoms with Gasteiger partial charge >= 0.3 is 5.97 Å². The Bertz CT molecular complexity index is 454. The average Bonchev–Trinajstić information content (AvgIpc) is 2.52. The van der Waals surface area contributed by atoms with Gasteiger partial charge in [0, 0.05) is 19.6 Å². The number of esters is 1. The van der Waals surface area contributed by atoms with Gasteiger partial charge in [0.25, 0.3) is 0 Å². The van der Waals surface area contributed by atoms with Crippen LogP contribution in [0.1, 0.15) is 44.9 Å². The molecular formula is C19H32N2O3. The lowest BCUT2D eigenvalue weighted by Crippen LogP contribution is -2.55. The summed E-state index contributed by atoms with van der Waals surface area (Å²) in [5.74, 6) is 2.36. The SMILES string of the molecule is COC(=O)CCN(CCN(C)C)C(=O)C12CC3CC(CC(C3)C1)C2. The van der Waals surface area contributed by atoms with Gasteiger partial charge in [-0.05, 0) is 70.4 Å². The van der Waals surface area contributed by atoms with Crippen molar-refractivity contribution < 1.29 is 14.3 Å². The molecule has 4 rings (SSSR count). The van der Waals surface area contributed by atoms with Crippen molar-refractivity contribution in [2.75, 3.05) is 40.8 Å². The maximum Gasteiger partial charge on any atom is 0.307 e. The summed E-state index contributed by atoms with van der Waals surface area (Å²) in [6.45, 7) is 2.02. The predicted molar refractivity (Wildman–Crippen MR) is 92.4 cm³/mol. The van der Waals surface area contributed by atoms with Crippen LogP contribution in [-0.2, 0) is 14.3 Å². The van der Waals surface area contributed by atoms with Crippen molar-refractivity contribution >= 4 is 11.9 Å². The van der Waals surface area contributed by atoms with Gasteiger partial charge in [0.15, 0.2) is 0 Å². The van der Waals surface area contributed by atoms with Crippen LogP contribution >= 0.6 is 0 Å². The number of rotatable bonds is 7. The summed E-state index contributed by atoms with van der Waals surface area (Å²) in [5.41, 5.74) is -0.128. The molecule has 4 aliphatic carbocycles. The summed E-state index contributed by atoms with van der Waals surface area (Å²) >= 11 is 0. The fourth-order valence-corrected chi connectivity index (χ4v) is 5.67. The van der Waals surface area contributed by atoms with Crippen molar-refractivity contribution in [2.45, 2.75) is 44.9 Å². The number of hydrogen-bond donors (Lipinski definition) is 0. The summed E-state index contributed by atoms with van der Waals surface area (Å²) in [6, 6.07) is 0. The van der Waals surface area contributed by atoms with Gasteiger partial charge in [-0.15, -0.1) is 0 Å². The Kier molecular flexibility index (Phi) is 5.19. The molecule has 0 aromatic rings. The first-order valence-corrected chi connectivity index (χ1v) is 9.43. The highest BCUT2D eigenvalue weighted by atomic mass is 16.5. The van der Waals surface area contributed by atoms with E-state index < -0.39 is 0 Å². The van der Waals surface area contributed by atoms with Crippen LogP contribution in [0.5, 0.6) is 0 Å². The Labute approximate surface area is 145 Å². The van der Waals surface area contributed by atoms with Crippen molar-refractivity contribution in [3.8, 4) is 0 Å². The van der Waals surface area contributed by atoms with Crippen LogP contribution in [0.25, 0.3) is 0 Å². The molecule has 4 bridgehead atoms. The smallest absolute Gasteiger partial charge is 0.307 e. The summed E-state index contributed by atoms with van der Waals surface area (Å²) in [7, 11) is 5.45. The Morgan fingerprint density at radius 2 is 1.50 bits per heavy atom. The van der Waals surface area contributed by atoms with E-state index in [2.05, 4.69) is 4.90 Å². The van der Waals surface area contributed by atoms with Gasteiger partial charge in [0.05, 0.1) is 18.9 Å². The topological polar surface area (TPSA) is 49.9 Å². The third-order valence-electron chi connectivity index (χ3n) is 6.41. The van der Waals surface area contributed by atoms with E-state index in [9.17, 15) is 9.59 Å². The minimum atomic E-state index is -0.233. The fourth-order valence-electron chi connectivity index (χ4n) is 5.67. The third-order valence-corrected chi connectivity index (χ3v) is 6.41. The van der Waals surface area contributed by atoms with Gasteiger partial charge in [-0.1, -0.05) is 0 Å². The molecule has 1 amide bonds. The Balaban J connectivity index is 1.70. The lowest BCUT2D eigenvalue weighted by Gasteiger charge is -2.56. The number of nitrogens with zero attached hydrogens (tertiary/aromatic N) is 2. The summed E-state index contributed by atoms with van der Waals surface area (Å²) in [4.78, 5) is 29.1. The molecule has 0 radical (unpaired) electrons. The van der Waals surface area contributed by atoms with Gasteiger partial charge < -0.3 is 14.5 Å². The zero-order valence-corrected chi connectivity index (χ0v) is 15.4. The van der Waals surface area contributed by atoms with Crippen molar-refractivity contribution in [1.82, 2.24) is 9.80 Å². The molecular weight excluding hydrogens is 304 g/mol. The van der Waals surface area contributed by atoms with E-state index in [-0.39, 0.29) is 11.4 Å². The number of carbonyl (C=O) groups excluding carboxylic acids is 2. The Hall–Kier alpha value is -1.10. The lowest BCUT2D eigenvalue weighted by molar-refractivity contribution is -0.158. The van der Waals surface area contributed by atoms with Crippen molar-refractivity contribution in [3.05, 3.63) is 0 Å². The molecule has 0 spiro atoms. The quantitative estimate of drug-likeness (QED) is 0.669. The molecule has 0 saturated heterocycles. The van der Waals surface area contributed by atoms with Crippen molar-refractivity contribution in [3.63, 3.8) is 0 Å². The molecule has 5 nitrogen and oxygen atoms in total. The van der Waals surface area contributed by atoms with E-state index in [1.54, 1.807) is 0 Å². The van der Waals surface area contributed by atoms with E-state index in [0.717, 1.165) is 43.6 Å². The highest BCUT2D eigenvalue weighted by Crippen LogP contribution is 2.60. The lowest BCUT2D eigenvalue weighted by atomic mass is 9.49. The predicted octanol–water partition coefficient (Wildman–Crippen LogP) is 2.16. The van der Waals surface area contributed by atoms with Crippen LogP contribution in [0, 0.1) is 23.2 Å². The number of amides is 1. The second-order valence-corrected chi connectivity index (χ2v) is 8.62. The van der Waals surface area contributed by atoms with Gasteiger partial charge in [-0.2, -0.15) is 0 Å². The number of carbonyl (C=O) groups is 2. The van der Waals surface area contributed by atoms with Crippen LogP contribution in [0.2, 0.25) is 0 Å². The molecule has 24 heavy (non-hydrogen) atoms. The van der Waals surface area contributed by atoms with Gasteiger partial charge in [0.1, 0.15) is 0 Å². The van der Waals surface area contributed by atoms with E-state index in [1.807, 2.05) is 19.0 Å². The first-order chi connectivity index (χ1) is 11.4. The standard InChI is InChI=1S/C19H32N2O3/c1-20(2)6-7-21(5-4-17(22)24-3)18(23)19-11-14-8-15(12-19)10-16(9-14)13-19/h14-16H,4-13H2,1-3H3. The number of ether oxygens (including phenoxy) is 1. The Morgan fingerprint density at radius 1 is 0.958 bits per heavy atom. The second kappa shape index (κ2) is 7.03. The molecule has 136 valence electrons. The molecule has 0 unspecified atom stereocenters. The highest BCUT2D eigenvalue weighted by molar-refractivity contribution is 5.84. The van der Waals surface area contributed by atoms with Crippen LogP contribution in [0.3, 0.4) is 0 Å². The summed E-state index contributed by atoms with van der Waals surface area (Å²) in [6.07, 6.45) is 7.55. The number of hydrogen-bond acceptors (Lipinski definition) is 4. The van der Waals surface area contributed by atoms with Gasteiger partial charge in [-0.25, -0.2) is 0 Å². The van der Waals surface area contributed by atoms with E-state index >= 15 is 0 Å². The maximum absolute atomic E-state index is 13.5. The molecule has 0 aromatic carbocycles. The minimum Gasteiger partial charge on any atom is -0.469 e. The van der Waals surface area contributed by atoms with E-state index in [0.29, 0.717) is 25.4 Å². The molecule has 0 aromatic heterocycles. The van der Waals surface area contributed by atoms with Crippen molar-refractivity contribution in [1.29, 1.82) is 0 Å². The Morgan fingerprint density at radius 3 is 1.96 bits per heavy atom. The molecule has 4 aliphatic rings. The third kappa shape index (κ3) is 3.61. The van der Waals surface area contributed by atoms with Crippen LogP contribution in [-0.4, -0.2) is 62.5 Å². The highest BCUT2D eigenvalue weighted by Gasteiger charge is 2.55. The zero-order chi connectivity index (χ0) is 17.3. The van der Waals surface area contributed by atoms with Gasteiger partial charge in [0.2, 0.25) is 5.91 Å². The van der Waals surface area contributed by atoms with Crippen LogP contribution in [0.15, 0.2) is 0 Å². The maximum atomic E-state index is 13.5. The first-order valence-electron chi connectivity index (χ1n) is 9.43. The van der Waals surface area contributed by atoms with Crippen LogP contribution in [0.4, 0.5) is 0 Å². The molecule has 0 atom stereocenters. The molecule has 5 heteroatoms.